The van der Waals surface area contributed by atoms with E-state index in [1.54, 1.807) is 25.3 Å². The maximum absolute atomic E-state index is 12.7. The van der Waals surface area contributed by atoms with Crippen LogP contribution in [0.2, 0.25) is 5.02 Å². The third-order valence-electron chi connectivity index (χ3n) is 5.45. The number of phenols is 1. The molecule has 176 valence electrons. The summed E-state index contributed by atoms with van der Waals surface area (Å²) in [4.78, 5) is 39.1. The third-order valence-corrected chi connectivity index (χ3v) is 5.75. The van der Waals surface area contributed by atoms with Crippen LogP contribution in [0.15, 0.2) is 51.8 Å². The second kappa shape index (κ2) is 9.11. The Morgan fingerprint density at radius 1 is 1.24 bits per heavy atom. The Kier molecular flexibility index (Phi) is 6.21. The Morgan fingerprint density at radius 2 is 2.00 bits per heavy atom. The molecule has 2 aromatic carbocycles. The minimum absolute atomic E-state index is 0.0303. The average Bonchev–Trinajstić information content (AvgIpc) is 3.16. The van der Waals surface area contributed by atoms with Crippen LogP contribution in [-0.2, 0) is 16.0 Å². The van der Waals surface area contributed by atoms with E-state index in [1.165, 1.54) is 31.2 Å². The Hall–Kier alpha value is -3.98. The maximum atomic E-state index is 12.7. The van der Waals surface area contributed by atoms with Crippen molar-refractivity contribution in [1.29, 1.82) is 0 Å². The molecular formula is C24H20ClN2O7-. The summed E-state index contributed by atoms with van der Waals surface area (Å²) in [6.45, 7) is 3.17. The number of fused-ring (bicyclic) bond motifs is 2. The van der Waals surface area contributed by atoms with Gasteiger partial charge >= 0.3 is 5.63 Å². The van der Waals surface area contributed by atoms with Crippen molar-refractivity contribution < 1.29 is 29.0 Å². The lowest BCUT2D eigenvalue weighted by molar-refractivity contribution is -0.308. The predicted octanol–water partition coefficient (Wildman–Crippen LogP) is 2.19. The first kappa shape index (κ1) is 23.2. The summed E-state index contributed by atoms with van der Waals surface area (Å²) in [6.07, 6.45) is 0.405. The van der Waals surface area contributed by atoms with Crippen LogP contribution in [0.3, 0.4) is 0 Å². The molecule has 0 spiro atoms. The number of carboxylic acid groups (broad SMARTS) is 1. The van der Waals surface area contributed by atoms with Gasteiger partial charge in [-0.25, -0.2) is 4.79 Å². The summed E-state index contributed by atoms with van der Waals surface area (Å²) in [5.41, 5.74) is 1.67. The molecule has 0 aliphatic heterocycles. The van der Waals surface area contributed by atoms with Gasteiger partial charge in [0.1, 0.15) is 17.1 Å². The summed E-state index contributed by atoms with van der Waals surface area (Å²) in [5, 5.41) is 25.3. The zero-order valence-corrected chi connectivity index (χ0v) is 18.9. The Balaban J connectivity index is 1.51. The maximum Gasteiger partial charge on any atom is 0.336 e. The molecule has 0 aliphatic carbocycles. The van der Waals surface area contributed by atoms with Crippen LogP contribution in [0.25, 0.3) is 21.9 Å². The molecule has 34 heavy (non-hydrogen) atoms. The quantitative estimate of drug-likeness (QED) is 0.341. The van der Waals surface area contributed by atoms with Crippen molar-refractivity contribution >= 4 is 45.3 Å². The van der Waals surface area contributed by atoms with Gasteiger partial charge in [-0.05, 0) is 49.2 Å². The molecule has 10 heteroatoms. The number of nitrogens with one attached hydrogen (secondary N) is 2. The number of ether oxygens (including phenoxy) is 1. The average molecular weight is 484 g/mol. The number of rotatable bonds is 7. The lowest BCUT2D eigenvalue weighted by atomic mass is 10.0. The highest BCUT2D eigenvalue weighted by atomic mass is 35.5. The Morgan fingerprint density at radius 3 is 2.74 bits per heavy atom. The van der Waals surface area contributed by atoms with E-state index in [2.05, 4.69) is 10.3 Å². The van der Waals surface area contributed by atoms with E-state index in [4.69, 9.17) is 20.8 Å². The number of carbonyl (C=O) groups is 2. The predicted molar refractivity (Wildman–Crippen MR) is 123 cm³/mol. The Labute approximate surface area is 197 Å². The molecular weight excluding hydrogens is 464 g/mol. The molecule has 3 N–H and O–H groups in total. The van der Waals surface area contributed by atoms with Crippen LogP contribution in [0.5, 0.6) is 11.5 Å². The molecule has 0 aliphatic rings. The summed E-state index contributed by atoms with van der Waals surface area (Å²) in [5.74, 6) is -2.06. The van der Waals surface area contributed by atoms with E-state index in [9.17, 15) is 24.6 Å². The van der Waals surface area contributed by atoms with Crippen LogP contribution in [0, 0.1) is 6.92 Å². The first-order valence-corrected chi connectivity index (χ1v) is 10.7. The number of aromatic hydroxyl groups is 1. The second-order valence-corrected chi connectivity index (χ2v) is 8.32. The summed E-state index contributed by atoms with van der Waals surface area (Å²) in [6, 6.07) is 7.62. The van der Waals surface area contributed by atoms with Crippen molar-refractivity contribution in [2.45, 2.75) is 32.4 Å². The van der Waals surface area contributed by atoms with Gasteiger partial charge in [-0.1, -0.05) is 11.6 Å². The number of aromatic amines is 1. The van der Waals surface area contributed by atoms with E-state index in [1.807, 2.05) is 0 Å². The first-order chi connectivity index (χ1) is 16.1. The van der Waals surface area contributed by atoms with Gasteiger partial charge in [-0.15, -0.1) is 0 Å². The van der Waals surface area contributed by atoms with Crippen molar-refractivity contribution in [2.75, 3.05) is 0 Å². The minimum Gasteiger partial charge on any atom is -0.548 e. The van der Waals surface area contributed by atoms with Gasteiger partial charge in [0.25, 0.3) is 5.91 Å². The molecule has 2 aromatic heterocycles. The third kappa shape index (κ3) is 4.69. The van der Waals surface area contributed by atoms with Gasteiger partial charge in [-0.2, -0.15) is 0 Å². The van der Waals surface area contributed by atoms with Gasteiger partial charge in [0.2, 0.25) is 0 Å². The highest BCUT2D eigenvalue weighted by molar-refractivity contribution is 6.32. The molecule has 2 atom stereocenters. The number of phenolic OH excluding ortho intramolecular Hbond substituents is 1. The van der Waals surface area contributed by atoms with Crippen LogP contribution in [0.1, 0.15) is 18.1 Å². The molecule has 4 aromatic rings. The lowest BCUT2D eigenvalue weighted by Crippen LogP contribution is -2.52. The largest absolute Gasteiger partial charge is 0.548 e. The van der Waals surface area contributed by atoms with E-state index in [0.717, 1.165) is 0 Å². The van der Waals surface area contributed by atoms with Crippen LogP contribution >= 0.6 is 11.6 Å². The van der Waals surface area contributed by atoms with Crippen molar-refractivity contribution in [3.05, 3.63) is 69.2 Å². The molecule has 0 bridgehead atoms. The number of carboxylic acids is 1. The number of halogens is 1. The molecule has 0 fully saturated rings. The van der Waals surface area contributed by atoms with Crippen molar-refractivity contribution in [1.82, 2.24) is 10.3 Å². The highest BCUT2D eigenvalue weighted by Gasteiger charge is 2.22. The van der Waals surface area contributed by atoms with Crippen LogP contribution in [-0.4, -0.2) is 34.1 Å². The first-order valence-electron chi connectivity index (χ1n) is 10.3. The number of benzene rings is 2. The number of aryl methyl sites for hydroxylation is 1. The van der Waals surface area contributed by atoms with Gasteiger partial charge < -0.3 is 34.5 Å². The second-order valence-electron chi connectivity index (χ2n) is 7.92. The Bertz CT molecular complexity index is 1470. The topological polar surface area (TPSA) is 145 Å². The van der Waals surface area contributed by atoms with E-state index < -0.39 is 29.6 Å². The van der Waals surface area contributed by atoms with Crippen molar-refractivity contribution in [3.63, 3.8) is 0 Å². The minimum atomic E-state index is -1.48. The standard InChI is InChI=1S/C24H21ClN2O7/c1-11-5-22(29)34-20-9-21(17(25)8-15(11)20)33-12(2)23(30)27-19(24(31)32)6-13-10-26-18-4-3-14(28)7-16(13)18/h3-5,7-10,12,19,26,28H,6H2,1-2H3,(H,27,30)(H,31,32)/p-1/t12-,19-/m0/s1. The van der Waals surface area contributed by atoms with Crippen molar-refractivity contribution in [3.8, 4) is 11.5 Å². The summed E-state index contributed by atoms with van der Waals surface area (Å²) < 4.78 is 10.8. The number of H-pyrrole nitrogens is 1. The molecule has 0 radical (unpaired) electrons. The zero-order valence-electron chi connectivity index (χ0n) is 18.2. The summed E-state index contributed by atoms with van der Waals surface area (Å²) in [7, 11) is 0. The fraction of sp³-hybridized carbons (Fsp3) is 0.208. The van der Waals surface area contributed by atoms with Gasteiger partial charge in [0, 0.05) is 41.0 Å². The molecule has 4 rings (SSSR count). The van der Waals surface area contributed by atoms with Crippen LogP contribution < -0.4 is 20.8 Å². The summed E-state index contributed by atoms with van der Waals surface area (Å²) >= 11 is 6.28. The van der Waals surface area contributed by atoms with Crippen molar-refractivity contribution in [2.24, 2.45) is 0 Å². The lowest BCUT2D eigenvalue weighted by Gasteiger charge is -2.22. The molecule has 2 heterocycles. The molecule has 9 nitrogen and oxygen atoms in total. The fourth-order valence-corrected chi connectivity index (χ4v) is 3.90. The number of hydrogen-bond acceptors (Lipinski definition) is 7. The van der Waals surface area contributed by atoms with Gasteiger partial charge in [-0.3, -0.25) is 4.79 Å². The van der Waals surface area contributed by atoms with Crippen LogP contribution in [0.4, 0.5) is 0 Å². The normalized spacial score (nSPS) is 13.0. The highest BCUT2D eigenvalue weighted by Crippen LogP contribution is 2.31. The van der Waals surface area contributed by atoms with E-state index >= 15 is 0 Å². The fourth-order valence-electron chi connectivity index (χ4n) is 3.69. The van der Waals surface area contributed by atoms with Gasteiger partial charge in [0.15, 0.2) is 6.10 Å². The SMILES string of the molecule is Cc1cc(=O)oc2cc(O[C@@H](C)C(=O)N[C@@H](Cc3c[nH]c4ccc(O)cc34)C(=O)[O-])c(Cl)cc12. The monoisotopic (exact) mass is 483 g/mol. The van der Waals surface area contributed by atoms with E-state index in [-0.39, 0.29) is 28.5 Å². The number of carbonyl (C=O) groups excluding carboxylic acids is 2. The molecule has 0 saturated heterocycles. The number of aliphatic carboxylic acids is 1. The van der Waals surface area contributed by atoms with E-state index in [0.29, 0.717) is 27.4 Å². The smallest absolute Gasteiger partial charge is 0.336 e. The molecule has 0 saturated carbocycles. The molecule has 1 amide bonds. The molecule has 0 unspecified atom stereocenters. The number of amides is 1. The number of hydrogen-bond donors (Lipinski definition) is 3. The van der Waals surface area contributed by atoms with Gasteiger partial charge in [0.05, 0.1) is 17.0 Å². The zero-order chi connectivity index (χ0) is 24.6. The number of aromatic nitrogens is 1.